The van der Waals surface area contributed by atoms with Crippen LogP contribution in [-0.2, 0) is 15.3 Å². The molecule has 27 heavy (non-hydrogen) atoms. The van der Waals surface area contributed by atoms with Gasteiger partial charge in [-0.25, -0.2) is 0 Å². The lowest BCUT2D eigenvalue weighted by Crippen LogP contribution is -2.42. The number of para-hydroxylation sites is 1. The van der Waals surface area contributed by atoms with E-state index in [9.17, 15) is 9.59 Å². The molecule has 1 aromatic heterocycles. The van der Waals surface area contributed by atoms with Gasteiger partial charge in [-0.1, -0.05) is 23.4 Å². The number of carbonyl (C=O) groups excluding carboxylic acids is 2. The Morgan fingerprint density at radius 2 is 1.93 bits per heavy atom. The van der Waals surface area contributed by atoms with E-state index >= 15 is 0 Å². The number of amides is 2. The monoisotopic (exact) mass is 387 g/mol. The molecule has 0 unspecified atom stereocenters. The van der Waals surface area contributed by atoms with Crippen LogP contribution in [0.3, 0.4) is 0 Å². The summed E-state index contributed by atoms with van der Waals surface area (Å²) in [6, 6.07) is 9.48. The molecule has 2 heterocycles. The Bertz CT molecular complexity index is 764. The highest BCUT2D eigenvalue weighted by Gasteiger charge is 2.27. The molecule has 144 valence electrons. The number of carbonyl (C=O) groups is 2. The molecule has 0 aliphatic carbocycles. The Morgan fingerprint density at radius 3 is 2.56 bits per heavy atom. The highest BCUT2D eigenvalue weighted by molar-refractivity contribution is 7.99. The maximum absolute atomic E-state index is 12.4. The van der Waals surface area contributed by atoms with Crippen molar-refractivity contribution in [2.24, 2.45) is 5.92 Å². The molecular formula is C20H25N3O3S. The summed E-state index contributed by atoms with van der Waals surface area (Å²) in [6.07, 6.45) is 1.41. The van der Waals surface area contributed by atoms with E-state index in [0.29, 0.717) is 31.7 Å². The fraction of sp³-hybridized carbons (Fsp3) is 0.450. The number of likely N-dealkylation sites (tertiary alicyclic amines) is 1. The van der Waals surface area contributed by atoms with E-state index in [1.807, 2.05) is 49.1 Å². The van der Waals surface area contributed by atoms with Gasteiger partial charge in [-0.05, 0) is 38.8 Å². The first kappa shape index (κ1) is 19.5. The minimum Gasteiger partial charge on any atom is -0.361 e. The molecule has 3 rings (SSSR count). The number of thioether (sulfide) groups is 1. The summed E-state index contributed by atoms with van der Waals surface area (Å²) < 4.78 is 5.15. The molecule has 1 N–H and O–H groups in total. The first-order valence-electron chi connectivity index (χ1n) is 9.17. The first-order chi connectivity index (χ1) is 13.0. The number of hydrogen-bond donors (Lipinski definition) is 1. The van der Waals surface area contributed by atoms with Crippen LogP contribution in [-0.4, -0.2) is 40.7 Å². The molecule has 0 atom stereocenters. The van der Waals surface area contributed by atoms with Crippen LogP contribution in [0.2, 0.25) is 0 Å². The molecule has 0 saturated carbocycles. The van der Waals surface area contributed by atoms with Crippen molar-refractivity contribution in [1.29, 1.82) is 0 Å². The van der Waals surface area contributed by atoms with Gasteiger partial charge in [-0.2, -0.15) is 0 Å². The summed E-state index contributed by atoms with van der Waals surface area (Å²) in [7, 11) is 0. The topological polar surface area (TPSA) is 75.4 Å². The van der Waals surface area contributed by atoms with Crippen molar-refractivity contribution < 1.29 is 14.1 Å². The van der Waals surface area contributed by atoms with Gasteiger partial charge in [0.25, 0.3) is 0 Å². The highest BCUT2D eigenvalue weighted by atomic mass is 32.2. The molecule has 1 aliphatic heterocycles. The quantitative estimate of drug-likeness (QED) is 0.822. The maximum Gasteiger partial charge on any atom is 0.232 e. The molecule has 6 nitrogen and oxygen atoms in total. The molecule has 1 saturated heterocycles. The number of rotatable bonds is 6. The van der Waals surface area contributed by atoms with Gasteiger partial charge in [0.15, 0.2) is 0 Å². The van der Waals surface area contributed by atoms with E-state index in [0.717, 1.165) is 28.5 Å². The minimum atomic E-state index is -0.0378. The molecule has 0 spiro atoms. The lowest BCUT2D eigenvalue weighted by Gasteiger charge is -2.31. The molecule has 7 heteroatoms. The fourth-order valence-corrected chi connectivity index (χ4v) is 4.27. The van der Waals surface area contributed by atoms with Crippen molar-refractivity contribution in [1.82, 2.24) is 10.1 Å². The molecule has 1 fully saturated rings. The van der Waals surface area contributed by atoms with Crippen LogP contribution >= 0.6 is 11.8 Å². The van der Waals surface area contributed by atoms with Crippen molar-refractivity contribution in [3.8, 4) is 0 Å². The smallest absolute Gasteiger partial charge is 0.232 e. The first-order valence-corrected chi connectivity index (χ1v) is 10.3. The average molecular weight is 388 g/mol. The third kappa shape index (κ3) is 5.13. The molecule has 0 radical (unpaired) electrons. The minimum absolute atomic E-state index is 0.0378. The van der Waals surface area contributed by atoms with Gasteiger partial charge in [-0.15, -0.1) is 11.8 Å². The Balaban J connectivity index is 1.40. The van der Waals surface area contributed by atoms with Gasteiger partial charge in [-0.3, -0.25) is 9.59 Å². The second kappa shape index (κ2) is 9.08. The number of nitrogens with zero attached hydrogens (tertiary/aromatic N) is 2. The molecule has 0 bridgehead atoms. The number of aryl methyl sites for hydroxylation is 2. The molecular weight excluding hydrogens is 362 g/mol. The van der Waals surface area contributed by atoms with E-state index in [-0.39, 0.29) is 17.7 Å². The van der Waals surface area contributed by atoms with Crippen LogP contribution in [0.5, 0.6) is 0 Å². The summed E-state index contributed by atoms with van der Waals surface area (Å²) in [4.78, 5) is 26.7. The lowest BCUT2D eigenvalue weighted by atomic mass is 9.96. The Hall–Kier alpha value is -2.28. The predicted molar refractivity (Wildman–Crippen MR) is 107 cm³/mol. The lowest BCUT2D eigenvalue weighted by molar-refractivity contribution is -0.132. The van der Waals surface area contributed by atoms with Gasteiger partial charge >= 0.3 is 0 Å². The standard InChI is InChI=1S/C20H25N3O3S/c1-14-18(15(2)26-22-14)12-27-13-19(24)23-10-8-16(9-11-23)20(25)21-17-6-4-3-5-7-17/h3-7,16H,8-13H2,1-2H3,(H,21,25). The van der Waals surface area contributed by atoms with Crippen LogP contribution in [0.25, 0.3) is 0 Å². The summed E-state index contributed by atoms with van der Waals surface area (Å²) in [5, 5.41) is 6.89. The summed E-state index contributed by atoms with van der Waals surface area (Å²) >= 11 is 1.58. The second-order valence-electron chi connectivity index (χ2n) is 6.81. The molecule has 1 aliphatic rings. The van der Waals surface area contributed by atoms with E-state index in [4.69, 9.17) is 4.52 Å². The zero-order valence-corrected chi connectivity index (χ0v) is 16.6. The summed E-state index contributed by atoms with van der Waals surface area (Å²) in [5.74, 6) is 2.12. The average Bonchev–Trinajstić information content (AvgIpc) is 3.01. The number of nitrogens with one attached hydrogen (secondary N) is 1. The van der Waals surface area contributed by atoms with Gasteiger partial charge in [0.1, 0.15) is 5.76 Å². The van der Waals surface area contributed by atoms with Crippen LogP contribution in [0, 0.1) is 19.8 Å². The Kier molecular flexibility index (Phi) is 6.55. The Labute approximate surface area is 163 Å². The molecule has 1 aromatic carbocycles. The number of hydrogen-bond acceptors (Lipinski definition) is 5. The Morgan fingerprint density at radius 1 is 1.22 bits per heavy atom. The van der Waals surface area contributed by atoms with Crippen molar-refractivity contribution in [3.05, 3.63) is 47.3 Å². The van der Waals surface area contributed by atoms with Crippen LogP contribution < -0.4 is 5.32 Å². The normalized spacial score (nSPS) is 15.0. The zero-order chi connectivity index (χ0) is 19.2. The summed E-state index contributed by atoms with van der Waals surface area (Å²) in [5.41, 5.74) is 2.78. The fourth-order valence-electron chi connectivity index (χ4n) is 3.20. The number of anilines is 1. The zero-order valence-electron chi connectivity index (χ0n) is 15.7. The van der Waals surface area contributed by atoms with Crippen molar-refractivity contribution in [2.45, 2.75) is 32.4 Å². The van der Waals surface area contributed by atoms with Crippen molar-refractivity contribution in [3.63, 3.8) is 0 Å². The van der Waals surface area contributed by atoms with Gasteiger partial charge < -0.3 is 14.7 Å². The van der Waals surface area contributed by atoms with Gasteiger partial charge in [0, 0.05) is 36.0 Å². The van der Waals surface area contributed by atoms with Gasteiger partial charge in [0.05, 0.1) is 11.4 Å². The van der Waals surface area contributed by atoms with E-state index in [1.54, 1.807) is 11.8 Å². The largest absolute Gasteiger partial charge is 0.361 e. The molecule has 2 aromatic rings. The number of aromatic nitrogens is 1. The summed E-state index contributed by atoms with van der Waals surface area (Å²) in [6.45, 7) is 5.08. The third-order valence-corrected chi connectivity index (χ3v) is 5.86. The highest BCUT2D eigenvalue weighted by Crippen LogP contribution is 2.22. The van der Waals surface area contributed by atoms with Crippen LogP contribution in [0.1, 0.15) is 29.9 Å². The van der Waals surface area contributed by atoms with E-state index in [2.05, 4.69) is 10.5 Å². The third-order valence-electron chi connectivity index (χ3n) is 4.91. The van der Waals surface area contributed by atoms with E-state index < -0.39 is 0 Å². The van der Waals surface area contributed by atoms with Crippen molar-refractivity contribution in [2.75, 3.05) is 24.2 Å². The SMILES string of the molecule is Cc1noc(C)c1CSCC(=O)N1CCC(C(=O)Nc2ccccc2)CC1. The predicted octanol–water partition coefficient (Wildman–Crippen LogP) is 3.40. The maximum atomic E-state index is 12.4. The number of benzene rings is 1. The van der Waals surface area contributed by atoms with Gasteiger partial charge in [0.2, 0.25) is 11.8 Å². The van der Waals surface area contributed by atoms with Crippen LogP contribution in [0.15, 0.2) is 34.9 Å². The number of piperidine rings is 1. The van der Waals surface area contributed by atoms with Crippen LogP contribution in [0.4, 0.5) is 5.69 Å². The second-order valence-corrected chi connectivity index (χ2v) is 7.79. The molecule has 2 amide bonds. The van der Waals surface area contributed by atoms with Crippen molar-refractivity contribution >= 4 is 29.3 Å². The van der Waals surface area contributed by atoms with E-state index in [1.165, 1.54) is 0 Å².